The van der Waals surface area contributed by atoms with E-state index >= 15 is 0 Å². The summed E-state index contributed by atoms with van der Waals surface area (Å²) in [5, 5.41) is 9.89. The highest BCUT2D eigenvalue weighted by Gasteiger charge is 2.43. The summed E-state index contributed by atoms with van der Waals surface area (Å²) in [6, 6.07) is 7.60. The maximum Gasteiger partial charge on any atom is 0.337 e. The third-order valence-corrected chi connectivity index (χ3v) is 6.12. The van der Waals surface area contributed by atoms with Gasteiger partial charge in [-0.25, -0.2) is 10.7 Å². The van der Waals surface area contributed by atoms with Crippen LogP contribution in [-0.2, 0) is 33.8 Å². The molecule has 1 aromatic heterocycles. The minimum Gasteiger partial charge on any atom is -0.478 e. The molecular formula is C18H19NO5S. The van der Waals surface area contributed by atoms with Crippen molar-refractivity contribution in [2.75, 3.05) is 13.2 Å². The fourth-order valence-electron chi connectivity index (χ4n) is 3.68. The molecule has 1 spiro atoms. The molecule has 4 rings (SSSR count). The number of hydrogen-bond acceptors (Lipinski definition) is 6. The second kappa shape index (κ2) is 6.51. The lowest BCUT2D eigenvalue weighted by Gasteiger charge is -2.31. The summed E-state index contributed by atoms with van der Waals surface area (Å²) < 4.78 is 11.6. The number of carbonyl (C=O) groups is 1. The third kappa shape index (κ3) is 2.88. The van der Waals surface area contributed by atoms with E-state index in [2.05, 4.69) is 0 Å². The lowest BCUT2D eigenvalue weighted by Crippen LogP contribution is -2.37. The lowest BCUT2D eigenvalue weighted by molar-refractivity contribution is -0.163. The van der Waals surface area contributed by atoms with Crippen molar-refractivity contribution in [1.29, 1.82) is 0 Å². The Balaban J connectivity index is 1.83. The minimum absolute atomic E-state index is 0.230. The number of ether oxygens (including phenoxy) is 2. The highest BCUT2D eigenvalue weighted by Crippen LogP contribution is 2.45. The molecule has 0 saturated carbocycles. The van der Waals surface area contributed by atoms with E-state index in [-0.39, 0.29) is 6.61 Å². The van der Waals surface area contributed by atoms with E-state index in [9.17, 15) is 9.90 Å². The van der Waals surface area contributed by atoms with E-state index in [1.807, 2.05) is 24.3 Å². The summed E-state index contributed by atoms with van der Waals surface area (Å²) in [5.41, 5.74) is 2.91. The summed E-state index contributed by atoms with van der Waals surface area (Å²) in [6.07, 6.45) is 2.00. The van der Waals surface area contributed by atoms with Gasteiger partial charge in [0.1, 0.15) is 0 Å². The molecule has 25 heavy (non-hydrogen) atoms. The quantitative estimate of drug-likeness (QED) is 0.814. The van der Waals surface area contributed by atoms with Crippen LogP contribution in [0, 0.1) is 0 Å². The number of carboxylic acids is 1. The van der Waals surface area contributed by atoms with Gasteiger partial charge in [0.2, 0.25) is 0 Å². The summed E-state index contributed by atoms with van der Waals surface area (Å²) in [5.74, 6) is 3.65. The van der Waals surface area contributed by atoms with E-state index in [4.69, 9.17) is 20.2 Å². The second-order valence-corrected chi connectivity index (χ2v) is 7.37. The molecule has 3 N–H and O–H groups in total. The number of aromatic carboxylic acids is 1. The normalized spacial score (nSPS) is 18.4. The van der Waals surface area contributed by atoms with Crippen LogP contribution in [0.5, 0.6) is 0 Å². The maximum absolute atomic E-state index is 12.1. The van der Waals surface area contributed by atoms with Crippen LogP contribution in [0.2, 0.25) is 0 Å². The van der Waals surface area contributed by atoms with Crippen molar-refractivity contribution in [1.82, 2.24) is 0 Å². The number of fused-ring (bicyclic) bond motifs is 1. The van der Waals surface area contributed by atoms with Gasteiger partial charge in [-0.05, 0) is 23.1 Å². The number of nitrogens with two attached hydrogens (primary N) is 1. The molecule has 0 unspecified atom stereocenters. The van der Waals surface area contributed by atoms with Gasteiger partial charge in [0.25, 0.3) is 0 Å². The molecule has 0 atom stereocenters. The van der Waals surface area contributed by atoms with Crippen molar-refractivity contribution in [2.24, 2.45) is 5.90 Å². The van der Waals surface area contributed by atoms with Crippen molar-refractivity contribution < 1.29 is 24.2 Å². The van der Waals surface area contributed by atoms with Crippen LogP contribution in [0.1, 0.15) is 32.8 Å². The Hall–Kier alpha value is -1.77. The van der Waals surface area contributed by atoms with Gasteiger partial charge in [0.15, 0.2) is 5.79 Å². The van der Waals surface area contributed by atoms with Crippen molar-refractivity contribution in [3.63, 3.8) is 0 Å². The van der Waals surface area contributed by atoms with E-state index in [0.29, 0.717) is 25.2 Å². The molecule has 1 fully saturated rings. The first-order chi connectivity index (χ1) is 12.1. The first kappa shape index (κ1) is 16.7. The second-order valence-electron chi connectivity index (χ2n) is 6.27. The molecule has 132 valence electrons. The van der Waals surface area contributed by atoms with Gasteiger partial charge in [0.05, 0.1) is 25.4 Å². The smallest absolute Gasteiger partial charge is 0.337 e. The Kier molecular flexibility index (Phi) is 4.35. The van der Waals surface area contributed by atoms with Crippen LogP contribution in [0.4, 0.5) is 0 Å². The molecule has 2 aromatic rings. The van der Waals surface area contributed by atoms with Gasteiger partial charge >= 0.3 is 5.97 Å². The van der Waals surface area contributed by atoms with Crippen LogP contribution in [-0.4, -0.2) is 30.1 Å². The summed E-state index contributed by atoms with van der Waals surface area (Å²) in [4.78, 5) is 18.7. The predicted molar refractivity (Wildman–Crippen MR) is 92.4 cm³/mol. The number of rotatable bonds is 4. The zero-order valence-electron chi connectivity index (χ0n) is 13.6. The van der Waals surface area contributed by atoms with Gasteiger partial charge in [-0.1, -0.05) is 24.3 Å². The van der Waals surface area contributed by atoms with Crippen molar-refractivity contribution >= 4 is 17.3 Å². The Bertz CT molecular complexity index is 810. The Morgan fingerprint density at radius 1 is 1.32 bits per heavy atom. The molecule has 1 aliphatic heterocycles. The van der Waals surface area contributed by atoms with Gasteiger partial charge in [-0.15, -0.1) is 11.3 Å². The Labute approximate surface area is 149 Å². The zero-order chi connectivity index (χ0) is 17.4. The number of hydrogen-bond donors (Lipinski definition) is 2. The van der Waals surface area contributed by atoms with E-state index in [1.54, 1.807) is 0 Å². The molecule has 2 heterocycles. The average molecular weight is 361 g/mol. The Morgan fingerprint density at radius 2 is 2.08 bits per heavy atom. The third-order valence-electron chi connectivity index (χ3n) is 4.80. The van der Waals surface area contributed by atoms with Crippen LogP contribution in [0.3, 0.4) is 0 Å². The van der Waals surface area contributed by atoms with E-state index in [0.717, 1.165) is 39.3 Å². The van der Waals surface area contributed by atoms with Gasteiger partial charge in [-0.2, -0.15) is 0 Å². The average Bonchev–Trinajstić information content (AvgIpc) is 3.20. The van der Waals surface area contributed by atoms with Gasteiger partial charge in [0, 0.05) is 22.6 Å². The first-order valence-electron chi connectivity index (χ1n) is 8.19. The summed E-state index contributed by atoms with van der Waals surface area (Å²) in [7, 11) is 0. The van der Waals surface area contributed by atoms with Crippen molar-refractivity contribution in [2.45, 2.75) is 31.7 Å². The molecular weight excluding hydrogens is 342 g/mol. The van der Waals surface area contributed by atoms with Crippen molar-refractivity contribution in [3.8, 4) is 10.4 Å². The molecule has 6 nitrogen and oxygen atoms in total. The maximum atomic E-state index is 12.1. The highest BCUT2D eigenvalue weighted by atomic mass is 32.1. The Morgan fingerprint density at radius 3 is 2.80 bits per heavy atom. The molecule has 1 saturated heterocycles. The molecule has 1 aliphatic carbocycles. The largest absolute Gasteiger partial charge is 0.478 e. The van der Waals surface area contributed by atoms with Crippen LogP contribution in [0.25, 0.3) is 10.4 Å². The fraction of sp³-hybridized carbons (Fsp3) is 0.389. The molecule has 1 aromatic carbocycles. The standard InChI is InChI=1S/C18H19NO5S/c19-24-10-11-3-1-2-4-12(11)16-15(17(20)21)13-9-18(22-7-8-23-18)6-5-14(13)25-16/h1-4H,5-10,19H2,(H,20,21). The molecule has 0 bridgehead atoms. The monoisotopic (exact) mass is 361 g/mol. The minimum atomic E-state index is -0.925. The topological polar surface area (TPSA) is 91.0 Å². The first-order valence-corrected chi connectivity index (χ1v) is 9.01. The fourth-order valence-corrected chi connectivity index (χ4v) is 5.05. The van der Waals surface area contributed by atoms with Gasteiger partial charge < -0.3 is 14.6 Å². The SMILES string of the molecule is NOCc1ccccc1-c1sc2c(c1C(=O)O)CC1(CC2)OCCO1. The number of aryl methyl sites for hydroxylation is 1. The molecule has 0 amide bonds. The molecule has 0 radical (unpaired) electrons. The van der Waals surface area contributed by atoms with Crippen molar-refractivity contribution in [3.05, 3.63) is 45.8 Å². The molecule has 2 aliphatic rings. The highest BCUT2D eigenvalue weighted by molar-refractivity contribution is 7.16. The van der Waals surface area contributed by atoms with Gasteiger partial charge in [-0.3, -0.25) is 4.84 Å². The van der Waals surface area contributed by atoms with E-state index in [1.165, 1.54) is 11.3 Å². The lowest BCUT2D eigenvalue weighted by atomic mass is 9.89. The zero-order valence-corrected chi connectivity index (χ0v) is 14.4. The van der Waals surface area contributed by atoms with Crippen LogP contribution >= 0.6 is 11.3 Å². The van der Waals surface area contributed by atoms with Crippen LogP contribution in [0.15, 0.2) is 24.3 Å². The number of carboxylic acid groups (broad SMARTS) is 1. The van der Waals surface area contributed by atoms with Crippen LogP contribution < -0.4 is 5.90 Å². The number of thiophene rings is 1. The predicted octanol–water partition coefficient (Wildman–Crippen LogP) is 2.74. The number of benzene rings is 1. The molecule has 7 heteroatoms. The van der Waals surface area contributed by atoms with E-state index < -0.39 is 11.8 Å². The summed E-state index contributed by atoms with van der Waals surface area (Å²) in [6.45, 7) is 1.35. The summed E-state index contributed by atoms with van der Waals surface area (Å²) >= 11 is 1.54.